The van der Waals surface area contributed by atoms with E-state index in [9.17, 15) is 4.79 Å². The number of rotatable bonds is 5. The van der Waals surface area contributed by atoms with Crippen LogP contribution in [0.4, 0.5) is 16.4 Å². The number of piperazine rings is 1. The maximum absolute atomic E-state index is 12.7. The van der Waals surface area contributed by atoms with Crippen LogP contribution >= 0.6 is 35.1 Å². The molecular weight excluding hydrogens is 431 g/mol. The highest BCUT2D eigenvalue weighted by Crippen LogP contribution is 2.44. The fraction of sp³-hybridized carbons (Fsp3) is 0.421. The normalized spacial score (nSPS) is 17.6. The van der Waals surface area contributed by atoms with Gasteiger partial charge in [0.15, 0.2) is 0 Å². The minimum absolute atomic E-state index is 0.0492. The maximum Gasteiger partial charge on any atom is 0.334 e. The highest BCUT2D eigenvalue weighted by molar-refractivity contribution is 7.98. The first kappa shape index (κ1) is 20.5. The van der Waals surface area contributed by atoms with Crippen molar-refractivity contribution in [2.24, 2.45) is 0 Å². The number of fused-ring (bicyclic) bond motifs is 1. The third kappa shape index (κ3) is 4.55. The van der Waals surface area contributed by atoms with Gasteiger partial charge in [-0.05, 0) is 36.6 Å². The smallest absolute Gasteiger partial charge is 0.334 e. The van der Waals surface area contributed by atoms with Crippen LogP contribution in [0.15, 0.2) is 35.5 Å². The van der Waals surface area contributed by atoms with Crippen molar-refractivity contribution in [1.29, 1.82) is 0 Å². The predicted molar refractivity (Wildman–Crippen MR) is 118 cm³/mol. The summed E-state index contributed by atoms with van der Waals surface area (Å²) in [6.07, 6.45) is 4.45. The van der Waals surface area contributed by atoms with Crippen LogP contribution in [0.5, 0.6) is 0 Å². The van der Waals surface area contributed by atoms with Gasteiger partial charge in [0.05, 0.1) is 15.6 Å². The van der Waals surface area contributed by atoms with E-state index in [4.69, 9.17) is 23.2 Å². The molecular formula is C19H22Cl2N6OS. The second kappa shape index (κ2) is 8.95. The van der Waals surface area contributed by atoms with E-state index >= 15 is 0 Å². The van der Waals surface area contributed by atoms with Crippen molar-refractivity contribution in [3.63, 3.8) is 0 Å². The number of carbonyl (C=O) groups excluding carboxylic acids is 1. The number of hydrogen-bond donors (Lipinski definition) is 0. The van der Waals surface area contributed by atoms with Gasteiger partial charge in [-0.1, -0.05) is 23.2 Å². The Kier molecular flexibility index (Phi) is 6.34. The molecule has 3 heterocycles. The van der Waals surface area contributed by atoms with Crippen LogP contribution in [0, 0.1) is 0 Å². The topological polar surface area (TPSA) is 55.8 Å². The number of benzene rings is 1. The van der Waals surface area contributed by atoms with Crippen molar-refractivity contribution in [2.75, 3.05) is 56.1 Å². The molecule has 2 amide bonds. The van der Waals surface area contributed by atoms with Crippen molar-refractivity contribution in [2.45, 2.75) is 11.3 Å². The molecule has 4 rings (SSSR count). The first-order valence-corrected chi connectivity index (χ1v) is 11.0. The van der Waals surface area contributed by atoms with E-state index in [1.165, 1.54) is 11.9 Å². The lowest BCUT2D eigenvalue weighted by molar-refractivity contribution is 0.224. The van der Waals surface area contributed by atoms with Crippen LogP contribution in [0.25, 0.3) is 0 Å². The molecule has 1 fully saturated rings. The summed E-state index contributed by atoms with van der Waals surface area (Å²) in [7, 11) is 1.76. The average Bonchev–Trinajstić information content (AvgIpc) is 2.73. The van der Waals surface area contributed by atoms with Gasteiger partial charge < -0.3 is 4.90 Å². The first-order valence-electron chi connectivity index (χ1n) is 9.49. The Labute approximate surface area is 184 Å². The van der Waals surface area contributed by atoms with Gasteiger partial charge in [-0.25, -0.2) is 14.8 Å². The molecule has 0 N–H and O–H groups in total. The van der Waals surface area contributed by atoms with Crippen LogP contribution in [-0.2, 0) is 0 Å². The number of hydrogen-bond acceptors (Lipinski definition) is 6. The largest absolute Gasteiger partial charge is 0.338 e. The number of halogens is 2. The molecule has 29 heavy (non-hydrogen) atoms. The van der Waals surface area contributed by atoms with Crippen molar-refractivity contribution in [3.05, 3.63) is 40.6 Å². The summed E-state index contributed by atoms with van der Waals surface area (Å²) < 4.78 is 1.77. The molecule has 0 saturated carbocycles. The van der Waals surface area contributed by atoms with Crippen molar-refractivity contribution in [1.82, 2.24) is 19.2 Å². The molecule has 2 aliphatic heterocycles. The van der Waals surface area contributed by atoms with Crippen LogP contribution in [0.1, 0.15) is 6.42 Å². The molecule has 2 aliphatic rings. The third-order valence-electron chi connectivity index (χ3n) is 5.09. The first-order chi connectivity index (χ1) is 14.0. The molecule has 0 atom stereocenters. The van der Waals surface area contributed by atoms with E-state index in [0.717, 1.165) is 55.7 Å². The number of aromatic nitrogens is 2. The predicted octanol–water partition coefficient (Wildman–Crippen LogP) is 3.87. The van der Waals surface area contributed by atoms with E-state index in [2.05, 4.69) is 19.8 Å². The quantitative estimate of drug-likeness (QED) is 0.641. The Hall–Kier alpha value is -1.74. The Morgan fingerprint density at radius 1 is 1.07 bits per heavy atom. The molecule has 154 valence electrons. The minimum atomic E-state index is -0.0492. The molecule has 0 aliphatic carbocycles. The Morgan fingerprint density at radius 3 is 2.52 bits per heavy atom. The van der Waals surface area contributed by atoms with Gasteiger partial charge in [-0.15, -0.1) is 0 Å². The molecule has 1 aromatic heterocycles. The highest BCUT2D eigenvalue weighted by atomic mass is 35.5. The van der Waals surface area contributed by atoms with Crippen LogP contribution in [0.3, 0.4) is 0 Å². The summed E-state index contributed by atoms with van der Waals surface area (Å²) >= 11 is 13.8. The molecule has 7 nitrogen and oxygen atoms in total. The SMILES string of the molecule is CN1C(=O)N(CCCN2CCN(c3ncccn3)CC2)Sc2c(Cl)cc(Cl)cc21. The molecule has 2 aromatic rings. The number of amides is 2. The number of nitrogens with zero attached hydrogens (tertiary/aromatic N) is 6. The van der Waals surface area contributed by atoms with Gasteiger partial charge in [-0.3, -0.25) is 14.1 Å². The van der Waals surface area contributed by atoms with E-state index in [1.54, 1.807) is 40.8 Å². The lowest BCUT2D eigenvalue weighted by atomic mass is 10.3. The Morgan fingerprint density at radius 2 is 1.79 bits per heavy atom. The molecule has 1 saturated heterocycles. The lowest BCUT2D eigenvalue weighted by Gasteiger charge is -2.36. The van der Waals surface area contributed by atoms with Gasteiger partial charge in [-0.2, -0.15) is 0 Å². The lowest BCUT2D eigenvalue weighted by Crippen LogP contribution is -2.48. The zero-order valence-electron chi connectivity index (χ0n) is 16.1. The fourth-order valence-electron chi connectivity index (χ4n) is 3.51. The maximum atomic E-state index is 12.7. The second-order valence-electron chi connectivity index (χ2n) is 7.00. The van der Waals surface area contributed by atoms with E-state index in [-0.39, 0.29) is 6.03 Å². The zero-order chi connectivity index (χ0) is 20.4. The monoisotopic (exact) mass is 452 g/mol. The van der Waals surface area contributed by atoms with Gasteiger partial charge in [0.2, 0.25) is 5.95 Å². The summed E-state index contributed by atoms with van der Waals surface area (Å²) in [6.45, 7) is 5.35. The van der Waals surface area contributed by atoms with Crippen LogP contribution < -0.4 is 9.80 Å². The van der Waals surface area contributed by atoms with Crippen LogP contribution in [-0.4, -0.2) is 71.5 Å². The van der Waals surface area contributed by atoms with Gasteiger partial charge in [0, 0.05) is 63.7 Å². The summed E-state index contributed by atoms with van der Waals surface area (Å²) in [5.41, 5.74) is 0.757. The third-order valence-corrected chi connectivity index (χ3v) is 6.89. The summed E-state index contributed by atoms with van der Waals surface area (Å²) in [5, 5.41) is 1.10. The molecule has 0 radical (unpaired) electrons. The summed E-state index contributed by atoms with van der Waals surface area (Å²) in [6, 6.07) is 5.28. The average molecular weight is 453 g/mol. The number of anilines is 2. The van der Waals surface area contributed by atoms with Crippen molar-refractivity contribution >= 4 is 52.8 Å². The molecule has 0 spiro atoms. The number of carbonyl (C=O) groups is 1. The van der Waals surface area contributed by atoms with E-state index in [0.29, 0.717) is 16.6 Å². The van der Waals surface area contributed by atoms with Crippen molar-refractivity contribution in [3.8, 4) is 0 Å². The van der Waals surface area contributed by atoms with E-state index in [1.807, 2.05) is 6.07 Å². The molecule has 0 bridgehead atoms. The fourth-order valence-corrected chi connectivity index (χ4v) is 5.17. The molecule has 1 aromatic carbocycles. The summed E-state index contributed by atoms with van der Waals surface area (Å²) in [4.78, 5) is 28.5. The minimum Gasteiger partial charge on any atom is -0.338 e. The van der Waals surface area contributed by atoms with Crippen LogP contribution in [0.2, 0.25) is 10.0 Å². The van der Waals surface area contributed by atoms with Gasteiger partial charge in [0.25, 0.3) is 0 Å². The van der Waals surface area contributed by atoms with E-state index < -0.39 is 0 Å². The Bertz CT molecular complexity index is 879. The summed E-state index contributed by atoms with van der Waals surface area (Å²) in [5.74, 6) is 0.793. The second-order valence-corrected chi connectivity index (χ2v) is 8.88. The van der Waals surface area contributed by atoms with Crippen molar-refractivity contribution < 1.29 is 4.79 Å². The highest BCUT2D eigenvalue weighted by Gasteiger charge is 2.30. The molecule has 0 unspecified atom stereocenters. The Balaban J connectivity index is 1.28. The number of urea groups is 1. The standard InChI is InChI=1S/C19H22Cl2N6OS/c1-24-16-13-14(20)12-15(21)17(16)29-27(19(24)28)7-3-6-25-8-10-26(11-9-25)18-22-4-2-5-23-18/h2,4-5,12-13H,3,6-11H2,1H3. The zero-order valence-corrected chi connectivity index (χ0v) is 18.4. The van der Waals surface area contributed by atoms with Gasteiger partial charge in [0.1, 0.15) is 0 Å². The molecule has 10 heteroatoms. The van der Waals surface area contributed by atoms with Gasteiger partial charge >= 0.3 is 6.03 Å².